The summed E-state index contributed by atoms with van der Waals surface area (Å²) in [6.45, 7) is 8.98. The topological polar surface area (TPSA) is 59.1 Å². The van der Waals surface area contributed by atoms with E-state index in [1.807, 2.05) is 6.07 Å². The average molecular weight is 280 g/mol. The van der Waals surface area contributed by atoms with Crippen LogP contribution in [0, 0.1) is 5.92 Å². The fraction of sp³-hybridized carbons (Fsp3) is 0.733. The minimum Gasteiger partial charge on any atom is -0.384 e. The Bertz CT molecular complexity index is 384. The Kier molecular flexibility index (Phi) is 7.95. The van der Waals surface area contributed by atoms with E-state index in [1.54, 1.807) is 7.11 Å². The Morgan fingerprint density at radius 2 is 1.85 bits per heavy atom. The summed E-state index contributed by atoms with van der Waals surface area (Å²) in [6, 6.07) is 1.98. The number of methoxy groups -OCH3 is 1. The van der Waals surface area contributed by atoms with E-state index in [9.17, 15) is 0 Å². The summed E-state index contributed by atoms with van der Waals surface area (Å²) < 4.78 is 5.15. The molecule has 20 heavy (non-hydrogen) atoms. The summed E-state index contributed by atoms with van der Waals surface area (Å²) in [5.41, 5.74) is 0. The van der Waals surface area contributed by atoms with Gasteiger partial charge in [-0.25, -0.2) is 9.97 Å². The van der Waals surface area contributed by atoms with Crippen molar-refractivity contribution in [2.24, 2.45) is 5.92 Å². The second kappa shape index (κ2) is 9.53. The molecule has 114 valence electrons. The van der Waals surface area contributed by atoms with Crippen molar-refractivity contribution in [3.05, 3.63) is 11.9 Å². The Morgan fingerprint density at radius 1 is 1.15 bits per heavy atom. The third-order valence-electron chi connectivity index (χ3n) is 2.89. The van der Waals surface area contributed by atoms with Crippen molar-refractivity contribution in [1.29, 1.82) is 0 Å². The minimum atomic E-state index is 0.455. The molecule has 1 atom stereocenters. The van der Waals surface area contributed by atoms with Crippen LogP contribution in [-0.2, 0) is 11.2 Å². The highest BCUT2D eigenvalue weighted by molar-refractivity contribution is 5.47. The van der Waals surface area contributed by atoms with Gasteiger partial charge in [0.2, 0.25) is 0 Å². The van der Waals surface area contributed by atoms with Gasteiger partial charge in [-0.05, 0) is 18.8 Å². The third-order valence-corrected chi connectivity index (χ3v) is 2.89. The second-order valence-corrected chi connectivity index (χ2v) is 5.17. The number of ether oxygens (including phenoxy) is 1. The summed E-state index contributed by atoms with van der Waals surface area (Å²) in [7, 11) is 1.73. The van der Waals surface area contributed by atoms with E-state index in [4.69, 9.17) is 4.74 Å². The van der Waals surface area contributed by atoms with Gasteiger partial charge in [0.25, 0.3) is 0 Å². The zero-order chi connectivity index (χ0) is 14.8. The van der Waals surface area contributed by atoms with Crippen molar-refractivity contribution in [2.45, 2.75) is 40.0 Å². The van der Waals surface area contributed by atoms with Crippen LogP contribution in [0.2, 0.25) is 0 Å². The normalized spacial score (nSPS) is 12.2. The molecule has 0 radical (unpaired) electrons. The van der Waals surface area contributed by atoms with Gasteiger partial charge in [0.15, 0.2) is 0 Å². The Hall–Kier alpha value is -1.36. The number of anilines is 2. The molecule has 0 saturated heterocycles. The second-order valence-electron chi connectivity index (χ2n) is 5.17. The lowest BCUT2D eigenvalue weighted by molar-refractivity contribution is 0.164. The number of hydrogen-bond donors (Lipinski definition) is 2. The molecule has 2 N–H and O–H groups in total. The average Bonchev–Trinajstić information content (AvgIpc) is 2.43. The minimum absolute atomic E-state index is 0.455. The molecule has 0 aliphatic heterocycles. The SMILES string of the molecule is CCCNc1cc(NCC(C)COC)nc(CCC)n1. The number of aromatic nitrogens is 2. The van der Waals surface area contributed by atoms with Crippen LogP contribution in [0.1, 0.15) is 39.4 Å². The first-order valence-electron chi connectivity index (χ1n) is 7.54. The number of nitrogens with zero attached hydrogens (tertiary/aromatic N) is 2. The number of nitrogens with one attached hydrogen (secondary N) is 2. The molecule has 0 fully saturated rings. The standard InChI is InChI=1S/C15H28N4O/c1-5-7-13-18-14(16-8-6-2)9-15(19-13)17-10-12(3)11-20-4/h9,12H,5-8,10-11H2,1-4H3,(H2,16,17,18,19). The summed E-state index contributed by atoms with van der Waals surface area (Å²) in [6.07, 6.45) is 3.04. The van der Waals surface area contributed by atoms with E-state index >= 15 is 0 Å². The van der Waals surface area contributed by atoms with Gasteiger partial charge in [-0.3, -0.25) is 0 Å². The van der Waals surface area contributed by atoms with E-state index in [0.717, 1.165) is 56.4 Å². The van der Waals surface area contributed by atoms with Crippen molar-refractivity contribution in [2.75, 3.05) is 37.4 Å². The van der Waals surface area contributed by atoms with E-state index in [-0.39, 0.29) is 0 Å². The molecule has 0 aliphatic carbocycles. The number of rotatable bonds is 10. The number of aryl methyl sites for hydroxylation is 1. The van der Waals surface area contributed by atoms with Crippen molar-refractivity contribution in [1.82, 2.24) is 9.97 Å². The predicted molar refractivity (Wildman–Crippen MR) is 84.3 cm³/mol. The van der Waals surface area contributed by atoms with Crippen molar-refractivity contribution < 1.29 is 4.74 Å². The van der Waals surface area contributed by atoms with Crippen molar-refractivity contribution in [3.63, 3.8) is 0 Å². The van der Waals surface area contributed by atoms with Gasteiger partial charge in [0, 0.05) is 32.7 Å². The van der Waals surface area contributed by atoms with Crippen molar-refractivity contribution >= 4 is 11.6 Å². The molecule has 0 bridgehead atoms. The quantitative estimate of drug-likeness (QED) is 0.690. The molecule has 0 spiro atoms. The zero-order valence-corrected chi connectivity index (χ0v) is 13.2. The van der Waals surface area contributed by atoms with E-state index in [2.05, 4.69) is 41.4 Å². The molecule has 0 amide bonds. The maximum absolute atomic E-state index is 5.15. The third kappa shape index (κ3) is 6.19. The van der Waals surface area contributed by atoms with Crippen LogP contribution in [0.3, 0.4) is 0 Å². The van der Waals surface area contributed by atoms with Gasteiger partial charge in [0.05, 0.1) is 6.61 Å². The van der Waals surface area contributed by atoms with E-state index in [1.165, 1.54) is 0 Å². The molecular weight excluding hydrogens is 252 g/mol. The maximum Gasteiger partial charge on any atom is 0.133 e. The van der Waals surface area contributed by atoms with E-state index < -0.39 is 0 Å². The first-order chi connectivity index (χ1) is 9.69. The van der Waals surface area contributed by atoms with Crippen molar-refractivity contribution in [3.8, 4) is 0 Å². The molecule has 5 heteroatoms. The van der Waals surface area contributed by atoms with Gasteiger partial charge in [-0.15, -0.1) is 0 Å². The summed E-state index contributed by atoms with van der Waals surface area (Å²) in [5.74, 6) is 3.16. The lowest BCUT2D eigenvalue weighted by Crippen LogP contribution is -2.17. The highest BCUT2D eigenvalue weighted by Gasteiger charge is 2.06. The first-order valence-corrected chi connectivity index (χ1v) is 7.54. The fourth-order valence-corrected chi connectivity index (χ4v) is 1.89. The maximum atomic E-state index is 5.15. The smallest absolute Gasteiger partial charge is 0.133 e. The largest absolute Gasteiger partial charge is 0.384 e. The molecule has 1 unspecified atom stereocenters. The van der Waals surface area contributed by atoms with Gasteiger partial charge >= 0.3 is 0 Å². The Morgan fingerprint density at radius 3 is 2.45 bits per heavy atom. The lowest BCUT2D eigenvalue weighted by atomic mass is 10.2. The summed E-state index contributed by atoms with van der Waals surface area (Å²) in [4.78, 5) is 9.10. The summed E-state index contributed by atoms with van der Waals surface area (Å²) in [5, 5.41) is 6.70. The van der Waals surface area contributed by atoms with Gasteiger partial charge in [-0.1, -0.05) is 20.8 Å². The fourth-order valence-electron chi connectivity index (χ4n) is 1.89. The molecule has 1 rings (SSSR count). The van der Waals surface area contributed by atoms with Gasteiger partial charge in [-0.2, -0.15) is 0 Å². The molecule has 0 aromatic carbocycles. The van der Waals surface area contributed by atoms with Crippen LogP contribution in [0.4, 0.5) is 11.6 Å². The zero-order valence-electron chi connectivity index (χ0n) is 13.2. The molecule has 1 heterocycles. The van der Waals surface area contributed by atoms with E-state index in [0.29, 0.717) is 5.92 Å². The highest BCUT2D eigenvalue weighted by atomic mass is 16.5. The molecule has 5 nitrogen and oxygen atoms in total. The van der Waals surface area contributed by atoms with Crippen LogP contribution >= 0.6 is 0 Å². The molecule has 1 aromatic rings. The predicted octanol–water partition coefficient (Wildman–Crippen LogP) is 2.95. The molecule has 0 saturated carbocycles. The first kappa shape index (κ1) is 16.7. The molecule has 1 aromatic heterocycles. The van der Waals surface area contributed by atoms with Gasteiger partial charge < -0.3 is 15.4 Å². The molecular formula is C15H28N4O. The molecule has 0 aliphatic rings. The van der Waals surface area contributed by atoms with Crippen LogP contribution < -0.4 is 10.6 Å². The Balaban J connectivity index is 2.69. The number of hydrogen-bond acceptors (Lipinski definition) is 5. The summed E-state index contributed by atoms with van der Waals surface area (Å²) >= 11 is 0. The monoisotopic (exact) mass is 280 g/mol. The van der Waals surface area contributed by atoms with Crippen LogP contribution in [0.5, 0.6) is 0 Å². The van der Waals surface area contributed by atoms with Crippen LogP contribution in [0.25, 0.3) is 0 Å². The van der Waals surface area contributed by atoms with Crippen LogP contribution in [-0.4, -0.2) is 36.8 Å². The van der Waals surface area contributed by atoms with Crippen LogP contribution in [0.15, 0.2) is 6.07 Å². The Labute approximate surface area is 122 Å². The highest BCUT2D eigenvalue weighted by Crippen LogP contribution is 2.13. The lowest BCUT2D eigenvalue weighted by Gasteiger charge is -2.14. The van der Waals surface area contributed by atoms with Gasteiger partial charge in [0.1, 0.15) is 17.5 Å².